The number of hydrogen-bond donors (Lipinski definition) is 0. The molecule has 4 atom stereocenters. The Hall–Kier alpha value is -2.74. The summed E-state index contributed by atoms with van der Waals surface area (Å²) in [6, 6.07) is 4.06. The van der Waals surface area contributed by atoms with Crippen molar-refractivity contribution in [2.75, 3.05) is 12.0 Å². The molecule has 0 spiro atoms. The molecule has 0 radical (unpaired) electrons. The van der Waals surface area contributed by atoms with Crippen molar-refractivity contribution in [3.05, 3.63) is 40.5 Å². The molecule has 24 heavy (non-hydrogen) atoms. The molecule has 2 saturated heterocycles. The summed E-state index contributed by atoms with van der Waals surface area (Å²) in [6.45, 7) is 1.76. The molecule has 1 aromatic rings. The minimum Gasteiger partial charge on any atom is -0.496 e. The third-order valence-electron chi connectivity index (χ3n) is 4.95. The Bertz CT molecular complexity index is 819. The second-order valence-corrected chi connectivity index (χ2v) is 6.25. The van der Waals surface area contributed by atoms with Crippen LogP contribution in [0.1, 0.15) is 6.92 Å². The van der Waals surface area contributed by atoms with E-state index in [2.05, 4.69) is 0 Å². The van der Waals surface area contributed by atoms with Crippen molar-refractivity contribution in [3.8, 4) is 5.75 Å². The number of carbonyl (C=O) groups is 2. The first-order valence-electron chi connectivity index (χ1n) is 7.45. The van der Waals surface area contributed by atoms with Crippen molar-refractivity contribution >= 4 is 23.2 Å². The van der Waals surface area contributed by atoms with E-state index in [-0.39, 0.29) is 17.1 Å². The molecule has 2 fully saturated rings. The minimum atomic E-state index is -0.835. The Balaban J connectivity index is 1.81. The predicted molar refractivity (Wildman–Crippen MR) is 81.5 cm³/mol. The van der Waals surface area contributed by atoms with Gasteiger partial charge < -0.3 is 9.47 Å². The Morgan fingerprint density at radius 2 is 2.08 bits per heavy atom. The number of carbonyl (C=O) groups excluding carboxylic acids is 2. The van der Waals surface area contributed by atoms with Gasteiger partial charge in [0, 0.05) is 0 Å². The van der Waals surface area contributed by atoms with Crippen molar-refractivity contribution in [2.24, 2.45) is 11.8 Å². The zero-order valence-corrected chi connectivity index (χ0v) is 13.0. The number of anilines is 1. The van der Waals surface area contributed by atoms with Crippen LogP contribution in [0.2, 0.25) is 0 Å². The molecule has 0 unspecified atom stereocenters. The molecule has 8 heteroatoms. The van der Waals surface area contributed by atoms with E-state index in [1.807, 2.05) is 0 Å². The quantitative estimate of drug-likeness (QED) is 0.360. The van der Waals surface area contributed by atoms with E-state index in [0.29, 0.717) is 0 Å². The average molecular weight is 330 g/mol. The molecule has 2 bridgehead atoms. The van der Waals surface area contributed by atoms with E-state index in [0.717, 1.165) is 4.90 Å². The van der Waals surface area contributed by atoms with Crippen molar-refractivity contribution in [1.29, 1.82) is 0 Å². The number of nitrogens with zero attached hydrogens (tertiary/aromatic N) is 2. The Kier molecular flexibility index (Phi) is 2.86. The van der Waals surface area contributed by atoms with Gasteiger partial charge in [-0.05, 0) is 19.1 Å². The fourth-order valence-electron chi connectivity index (χ4n) is 3.86. The van der Waals surface area contributed by atoms with Gasteiger partial charge in [-0.1, -0.05) is 12.2 Å². The largest absolute Gasteiger partial charge is 0.496 e. The summed E-state index contributed by atoms with van der Waals surface area (Å²) in [5.74, 6) is -1.93. The number of amides is 2. The first-order valence-corrected chi connectivity index (χ1v) is 7.45. The lowest BCUT2D eigenvalue weighted by Crippen LogP contribution is -2.38. The molecule has 0 saturated carbocycles. The lowest BCUT2D eigenvalue weighted by molar-refractivity contribution is -0.384. The SMILES string of the molecule is COc1ccc(N2C(=O)[C@@H]3[C@H]4C=C[C@@](C)(O4)[C@H]3C2=O)c([N+](=O)[O-])c1. The average Bonchev–Trinajstić information content (AvgIpc) is 3.16. The van der Waals surface area contributed by atoms with Crippen LogP contribution in [0.15, 0.2) is 30.4 Å². The van der Waals surface area contributed by atoms with Gasteiger partial charge in [0.05, 0.1) is 41.6 Å². The second kappa shape index (κ2) is 4.64. The predicted octanol–water partition coefficient (Wildman–Crippen LogP) is 1.44. The molecule has 2 amide bonds. The molecule has 3 aliphatic heterocycles. The van der Waals surface area contributed by atoms with Crippen LogP contribution in [0.3, 0.4) is 0 Å². The standard InChI is InChI=1S/C16H14N2O6/c1-16-6-5-11(24-16)12-13(16)15(20)17(14(12)19)9-4-3-8(23-2)7-10(9)18(21)22/h3-7,11-13H,1-2H3/t11-,12-,13-,16-/m1/s1. The van der Waals surface area contributed by atoms with Crippen molar-refractivity contribution in [3.63, 3.8) is 0 Å². The number of nitro groups is 1. The number of fused-ring (bicyclic) bond motifs is 5. The molecular weight excluding hydrogens is 316 g/mol. The van der Waals surface area contributed by atoms with Gasteiger partial charge in [0.15, 0.2) is 0 Å². The van der Waals surface area contributed by atoms with Gasteiger partial charge in [0.25, 0.3) is 5.69 Å². The fourth-order valence-corrected chi connectivity index (χ4v) is 3.86. The summed E-state index contributed by atoms with van der Waals surface area (Å²) in [4.78, 5) is 37.3. The molecule has 4 rings (SSSR count). The van der Waals surface area contributed by atoms with Gasteiger partial charge in [-0.2, -0.15) is 0 Å². The third kappa shape index (κ3) is 1.71. The highest BCUT2D eigenvalue weighted by atomic mass is 16.6. The lowest BCUT2D eigenvalue weighted by Gasteiger charge is -2.24. The number of ether oxygens (including phenoxy) is 2. The molecule has 0 aromatic heterocycles. The topological polar surface area (TPSA) is 99.0 Å². The highest BCUT2D eigenvalue weighted by Crippen LogP contribution is 2.53. The zero-order valence-electron chi connectivity index (χ0n) is 13.0. The zero-order chi connectivity index (χ0) is 17.2. The normalized spacial score (nSPS) is 33.2. The molecule has 0 aliphatic carbocycles. The summed E-state index contributed by atoms with van der Waals surface area (Å²) in [5, 5.41) is 11.4. The van der Waals surface area contributed by atoms with Gasteiger partial charge in [-0.3, -0.25) is 19.7 Å². The van der Waals surface area contributed by atoms with Gasteiger partial charge in [-0.25, -0.2) is 4.90 Å². The first kappa shape index (κ1) is 14.8. The van der Waals surface area contributed by atoms with Crippen LogP contribution in [0, 0.1) is 22.0 Å². The van der Waals surface area contributed by atoms with E-state index in [1.54, 1.807) is 19.1 Å². The molecule has 0 N–H and O–H groups in total. The first-order chi connectivity index (χ1) is 11.4. The van der Waals surface area contributed by atoms with E-state index in [1.165, 1.54) is 25.3 Å². The number of methoxy groups -OCH3 is 1. The van der Waals surface area contributed by atoms with Gasteiger partial charge in [-0.15, -0.1) is 0 Å². The molecular formula is C16H14N2O6. The van der Waals surface area contributed by atoms with Crippen LogP contribution in [0.25, 0.3) is 0 Å². The van der Waals surface area contributed by atoms with Crippen molar-refractivity contribution in [1.82, 2.24) is 0 Å². The fraction of sp³-hybridized carbons (Fsp3) is 0.375. The van der Waals surface area contributed by atoms with Gasteiger partial charge >= 0.3 is 0 Å². The van der Waals surface area contributed by atoms with Crippen molar-refractivity contribution in [2.45, 2.75) is 18.6 Å². The van der Waals surface area contributed by atoms with Crippen molar-refractivity contribution < 1.29 is 24.0 Å². The minimum absolute atomic E-state index is 0.0341. The Labute approximate surface area is 136 Å². The van der Waals surface area contributed by atoms with Crippen LogP contribution in [-0.4, -0.2) is 35.6 Å². The molecule has 8 nitrogen and oxygen atoms in total. The summed E-state index contributed by atoms with van der Waals surface area (Å²) >= 11 is 0. The molecule has 124 valence electrons. The lowest BCUT2D eigenvalue weighted by atomic mass is 9.78. The van der Waals surface area contributed by atoms with E-state index in [9.17, 15) is 19.7 Å². The highest BCUT2D eigenvalue weighted by Gasteiger charge is 2.66. The van der Waals surface area contributed by atoms with Crippen LogP contribution in [0.5, 0.6) is 5.75 Å². The Morgan fingerprint density at radius 3 is 2.71 bits per heavy atom. The van der Waals surface area contributed by atoms with Crippen LogP contribution < -0.4 is 9.64 Å². The molecule has 1 aromatic carbocycles. The van der Waals surface area contributed by atoms with Crippen LogP contribution in [0.4, 0.5) is 11.4 Å². The second-order valence-electron chi connectivity index (χ2n) is 6.25. The third-order valence-corrected chi connectivity index (χ3v) is 4.95. The van der Waals surface area contributed by atoms with Crippen LogP contribution in [-0.2, 0) is 14.3 Å². The van der Waals surface area contributed by atoms with Gasteiger partial charge in [0.2, 0.25) is 11.8 Å². The summed E-state index contributed by atoms with van der Waals surface area (Å²) < 4.78 is 10.7. The van der Waals surface area contributed by atoms with E-state index < -0.39 is 40.3 Å². The summed E-state index contributed by atoms with van der Waals surface area (Å²) in [7, 11) is 1.39. The van der Waals surface area contributed by atoms with Gasteiger partial charge in [0.1, 0.15) is 11.4 Å². The number of hydrogen-bond acceptors (Lipinski definition) is 6. The maximum absolute atomic E-state index is 12.9. The van der Waals surface area contributed by atoms with Crippen LogP contribution >= 0.6 is 0 Å². The summed E-state index contributed by atoms with van der Waals surface area (Å²) in [6.07, 6.45) is 3.10. The number of benzene rings is 1. The van der Waals surface area contributed by atoms with E-state index >= 15 is 0 Å². The monoisotopic (exact) mass is 330 g/mol. The number of imide groups is 1. The maximum Gasteiger partial charge on any atom is 0.297 e. The van der Waals surface area contributed by atoms with E-state index in [4.69, 9.17) is 9.47 Å². The number of rotatable bonds is 3. The highest BCUT2D eigenvalue weighted by molar-refractivity contribution is 6.24. The Morgan fingerprint density at radius 1 is 1.33 bits per heavy atom. The summed E-state index contributed by atoms with van der Waals surface area (Å²) in [5.41, 5.74) is -1.21. The molecule has 3 heterocycles. The molecule has 3 aliphatic rings. The maximum atomic E-state index is 12.9. The smallest absolute Gasteiger partial charge is 0.297 e. The number of nitro benzene ring substituents is 1.